The van der Waals surface area contributed by atoms with Crippen LogP contribution in [0.4, 0.5) is 11.6 Å². The van der Waals surface area contributed by atoms with Crippen molar-refractivity contribution < 1.29 is 14.3 Å². The van der Waals surface area contributed by atoms with Crippen molar-refractivity contribution in [2.24, 2.45) is 0 Å². The highest BCUT2D eigenvalue weighted by Crippen LogP contribution is 2.36. The lowest BCUT2D eigenvalue weighted by Crippen LogP contribution is -2.32. The second kappa shape index (κ2) is 8.23. The predicted molar refractivity (Wildman–Crippen MR) is 112 cm³/mol. The Balaban J connectivity index is 1.60. The van der Waals surface area contributed by atoms with Crippen molar-refractivity contribution in [2.75, 3.05) is 30.5 Å². The number of halogens is 1. The average molecular weight is 413 g/mol. The number of aromatic nitrogens is 2. The van der Waals surface area contributed by atoms with Gasteiger partial charge in [-0.3, -0.25) is 19.1 Å². The number of nitrogens with one attached hydrogen (secondary N) is 1. The molecule has 0 fully saturated rings. The van der Waals surface area contributed by atoms with Crippen molar-refractivity contribution in [1.82, 2.24) is 9.55 Å². The molecule has 4 rings (SSSR count). The Hall–Kier alpha value is -2.90. The van der Waals surface area contributed by atoms with Crippen LogP contribution < -0.4 is 10.2 Å². The first kappa shape index (κ1) is 19.4. The Morgan fingerprint density at radius 2 is 1.97 bits per heavy atom. The van der Waals surface area contributed by atoms with E-state index in [4.69, 9.17) is 16.3 Å². The van der Waals surface area contributed by atoms with E-state index < -0.39 is 6.04 Å². The third-order valence-corrected chi connectivity index (χ3v) is 5.17. The number of anilines is 2. The summed E-state index contributed by atoms with van der Waals surface area (Å²) in [7, 11) is 1.63. The molecule has 0 aliphatic carbocycles. The SMILES string of the molecule is COCCCN1C(=O)[C@H](CC(=O)Nc2ccc(Cl)cc2)n2c1nc1ccccc12. The molecule has 0 radical (unpaired) electrons. The van der Waals surface area contributed by atoms with E-state index in [-0.39, 0.29) is 18.2 Å². The molecule has 0 saturated carbocycles. The third kappa shape index (κ3) is 3.83. The molecule has 0 spiro atoms. The Labute approximate surface area is 173 Å². The molecule has 2 heterocycles. The third-order valence-electron chi connectivity index (χ3n) is 4.92. The van der Waals surface area contributed by atoms with Gasteiger partial charge < -0.3 is 10.1 Å². The summed E-state index contributed by atoms with van der Waals surface area (Å²) in [5.74, 6) is 0.213. The average Bonchev–Trinajstić information content (AvgIpc) is 3.20. The van der Waals surface area contributed by atoms with E-state index in [1.807, 2.05) is 28.8 Å². The fraction of sp³-hybridized carbons (Fsp3) is 0.286. The first-order chi connectivity index (χ1) is 14.1. The second-order valence-corrected chi connectivity index (χ2v) is 7.32. The van der Waals surface area contributed by atoms with Crippen LogP contribution >= 0.6 is 11.6 Å². The topological polar surface area (TPSA) is 76.5 Å². The summed E-state index contributed by atoms with van der Waals surface area (Å²) in [6.45, 7) is 1.04. The molecule has 1 atom stereocenters. The summed E-state index contributed by atoms with van der Waals surface area (Å²) in [4.78, 5) is 32.1. The lowest BCUT2D eigenvalue weighted by molar-refractivity contribution is -0.124. The lowest BCUT2D eigenvalue weighted by Gasteiger charge is -2.15. The number of benzene rings is 2. The molecule has 2 aromatic carbocycles. The highest BCUT2D eigenvalue weighted by Gasteiger charge is 2.40. The zero-order valence-corrected chi connectivity index (χ0v) is 16.7. The van der Waals surface area contributed by atoms with Crippen molar-refractivity contribution >= 4 is 46.1 Å². The van der Waals surface area contributed by atoms with Crippen molar-refractivity contribution in [1.29, 1.82) is 0 Å². The molecule has 7 nitrogen and oxygen atoms in total. The fourth-order valence-electron chi connectivity index (χ4n) is 3.59. The molecule has 8 heteroatoms. The number of hydrogen-bond donors (Lipinski definition) is 1. The molecule has 3 aromatic rings. The minimum atomic E-state index is -0.632. The number of methoxy groups -OCH3 is 1. The van der Waals surface area contributed by atoms with Crippen molar-refractivity contribution in [3.05, 3.63) is 53.6 Å². The Morgan fingerprint density at radius 3 is 2.72 bits per heavy atom. The normalized spacial score (nSPS) is 15.7. The van der Waals surface area contributed by atoms with Crippen LogP contribution in [0.2, 0.25) is 5.02 Å². The highest BCUT2D eigenvalue weighted by atomic mass is 35.5. The van der Waals surface area contributed by atoms with Gasteiger partial charge in [0, 0.05) is 31.0 Å². The maximum atomic E-state index is 13.1. The van der Waals surface area contributed by atoms with Crippen LogP contribution in [0.15, 0.2) is 48.5 Å². The zero-order chi connectivity index (χ0) is 20.4. The number of carbonyl (C=O) groups is 2. The van der Waals surface area contributed by atoms with E-state index >= 15 is 0 Å². The molecule has 1 aliphatic rings. The molecule has 150 valence electrons. The minimum absolute atomic E-state index is 0.0234. The molecular formula is C21H21ClN4O3. The molecule has 1 N–H and O–H groups in total. The Bertz CT molecular complexity index is 1050. The number of amides is 2. The minimum Gasteiger partial charge on any atom is -0.385 e. The van der Waals surface area contributed by atoms with E-state index in [0.29, 0.717) is 36.2 Å². The monoisotopic (exact) mass is 412 g/mol. The van der Waals surface area contributed by atoms with Gasteiger partial charge in [-0.2, -0.15) is 0 Å². The number of rotatable bonds is 7. The molecule has 0 saturated heterocycles. The summed E-state index contributed by atoms with van der Waals surface area (Å²) in [5, 5.41) is 3.43. The van der Waals surface area contributed by atoms with Gasteiger partial charge in [0.15, 0.2) is 0 Å². The van der Waals surface area contributed by atoms with Gasteiger partial charge in [-0.05, 0) is 42.8 Å². The van der Waals surface area contributed by atoms with Crippen molar-refractivity contribution in [3.8, 4) is 0 Å². The van der Waals surface area contributed by atoms with Gasteiger partial charge in [-0.25, -0.2) is 4.98 Å². The van der Waals surface area contributed by atoms with Crippen LogP contribution in [0.5, 0.6) is 0 Å². The van der Waals surface area contributed by atoms with Crippen LogP contribution in [0.3, 0.4) is 0 Å². The summed E-state index contributed by atoms with van der Waals surface area (Å²) in [6.07, 6.45) is 0.713. The molecule has 29 heavy (non-hydrogen) atoms. The number of imidazole rings is 1. The van der Waals surface area contributed by atoms with Gasteiger partial charge >= 0.3 is 0 Å². The molecule has 0 unspecified atom stereocenters. The van der Waals surface area contributed by atoms with Crippen LogP contribution in [-0.2, 0) is 14.3 Å². The first-order valence-corrected chi connectivity index (χ1v) is 9.79. The maximum Gasteiger partial charge on any atom is 0.253 e. The van der Waals surface area contributed by atoms with Crippen LogP contribution in [0, 0.1) is 0 Å². The molecule has 0 bridgehead atoms. The van der Waals surface area contributed by atoms with Crippen LogP contribution in [-0.4, -0.2) is 41.6 Å². The Kier molecular flexibility index (Phi) is 5.51. The van der Waals surface area contributed by atoms with Crippen LogP contribution in [0.25, 0.3) is 11.0 Å². The number of hydrogen-bond acceptors (Lipinski definition) is 4. The number of para-hydroxylation sites is 2. The number of nitrogens with zero attached hydrogens (tertiary/aromatic N) is 3. The summed E-state index contributed by atoms with van der Waals surface area (Å²) in [6, 6.07) is 13.9. The van der Waals surface area contributed by atoms with E-state index in [9.17, 15) is 9.59 Å². The molecular weight excluding hydrogens is 392 g/mol. The Morgan fingerprint density at radius 1 is 1.21 bits per heavy atom. The second-order valence-electron chi connectivity index (χ2n) is 6.88. The van der Waals surface area contributed by atoms with Crippen molar-refractivity contribution in [2.45, 2.75) is 18.9 Å². The van der Waals surface area contributed by atoms with Crippen LogP contribution in [0.1, 0.15) is 18.9 Å². The quantitative estimate of drug-likeness (QED) is 0.601. The maximum absolute atomic E-state index is 13.1. The van der Waals surface area contributed by atoms with E-state index in [2.05, 4.69) is 10.3 Å². The number of fused-ring (bicyclic) bond motifs is 3. The lowest BCUT2D eigenvalue weighted by atomic mass is 10.1. The van der Waals surface area contributed by atoms with Gasteiger partial charge in [0.05, 0.1) is 17.5 Å². The molecule has 1 aliphatic heterocycles. The summed E-state index contributed by atoms with van der Waals surface area (Å²) in [5.41, 5.74) is 2.28. The largest absolute Gasteiger partial charge is 0.385 e. The predicted octanol–water partition coefficient (Wildman–Crippen LogP) is 3.64. The summed E-state index contributed by atoms with van der Waals surface area (Å²) >= 11 is 5.89. The fourth-order valence-corrected chi connectivity index (χ4v) is 3.72. The van der Waals surface area contributed by atoms with Gasteiger partial charge in [0.2, 0.25) is 11.9 Å². The zero-order valence-electron chi connectivity index (χ0n) is 16.0. The highest BCUT2D eigenvalue weighted by molar-refractivity contribution is 6.30. The van der Waals surface area contributed by atoms with Crippen molar-refractivity contribution in [3.63, 3.8) is 0 Å². The van der Waals surface area contributed by atoms with E-state index in [1.54, 1.807) is 36.3 Å². The smallest absolute Gasteiger partial charge is 0.253 e. The van der Waals surface area contributed by atoms with E-state index in [1.165, 1.54) is 0 Å². The number of carbonyl (C=O) groups excluding carboxylic acids is 2. The van der Waals surface area contributed by atoms with Gasteiger partial charge in [-0.15, -0.1) is 0 Å². The van der Waals surface area contributed by atoms with Gasteiger partial charge in [0.1, 0.15) is 6.04 Å². The molecule has 2 amide bonds. The molecule has 1 aromatic heterocycles. The first-order valence-electron chi connectivity index (χ1n) is 9.41. The van der Waals surface area contributed by atoms with E-state index in [0.717, 1.165) is 11.0 Å². The standard InChI is InChI=1S/C21H21ClN4O3/c1-29-12-4-11-25-20(28)18(13-19(27)23-15-9-7-14(22)8-10-15)26-17-6-3-2-5-16(17)24-21(25)26/h2-3,5-10,18H,4,11-13H2,1H3,(H,23,27)/t18-/m0/s1. The van der Waals surface area contributed by atoms with Gasteiger partial charge in [0.25, 0.3) is 5.91 Å². The number of ether oxygens (including phenoxy) is 1. The van der Waals surface area contributed by atoms with Gasteiger partial charge in [-0.1, -0.05) is 23.7 Å². The summed E-state index contributed by atoms with van der Waals surface area (Å²) < 4.78 is 6.98.